The van der Waals surface area contributed by atoms with Gasteiger partial charge in [-0.1, -0.05) is 11.8 Å². The molecule has 84 valence electrons. The number of esters is 1. The summed E-state index contributed by atoms with van der Waals surface area (Å²) in [4.78, 5) is 11.0. The van der Waals surface area contributed by atoms with Gasteiger partial charge in [-0.05, 0) is 37.6 Å². The molecule has 0 radical (unpaired) electrons. The molecule has 0 saturated heterocycles. The first-order chi connectivity index (χ1) is 7.61. The molecule has 0 aromatic heterocycles. The molecule has 0 bridgehead atoms. The minimum atomic E-state index is -0.296. The predicted octanol–water partition coefficient (Wildman–Crippen LogP) is 1.88. The number of aryl methyl sites for hydroxylation is 1. The van der Waals surface area contributed by atoms with E-state index in [0.717, 1.165) is 11.1 Å². The Morgan fingerprint density at radius 2 is 2.19 bits per heavy atom. The Bertz CT molecular complexity index is 421. The van der Waals surface area contributed by atoms with Crippen molar-refractivity contribution in [2.24, 2.45) is 0 Å². The molecule has 1 rings (SSSR count). The molecule has 1 aromatic carbocycles. The lowest BCUT2D eigenvalue weighted by Crippen LogP contribution is -2.01. The van der Waals surface area contributed by atoms with Crippen LogP contribution in [-0.4, -0.2) is 12.6 Å². The molecule has 3 nitrogen and oxygen atoms in total. The zero-order chi connectivity index (χ0) is 12.0. The lowest BCUT2D eigenvalue weighted by atomic mass is 10.1. The molecule has 0 aliphatic carbocycles. The highest BCUT2D eigenvalue weighted by Crippen LogP contribution is 2.09. The lowest BCUT2D eigenvalue weighted by molar-refractivity contribution is -0.141. The van der Waals surface area contributed by atoms with E-state index in [1.165, 1.54) is 0 Å². The van der Waals surface area contributed by atoms with Gasteiger partial charge in [-0.3, -0.25) is 4.79 Å². The van der Waals surface area contributed by atoms with Crippen LogP contribution in [0.4, 0.5) is 5.69 Å². The molecule has 0 aliphatic rings. The number of rotatable bonds is 2. The molecule has 0 aliphatic heterocycles. The van der Waals surface area contributed by atoms with Gasteiger partial charge in [-0.25, -0.2) is 0 Å². The molecule has 0 atom stereocenters. The molecule has 2 N–H and O–H groups in total. The Balaban J connectivity index is 2.66. The first-order valence-electron chi connectivity index (χ1n) is 5.13. The van der Waals surface area contributed by atoms with E-state index in [0.29, 0.717) is 12.3 Å². The SMILES string of the molecule is CCOC(=O)CC#Cc1cc(C)cc(N)c1. The van der Waals surface area contributed by atoms with Crippen LogP contribution in [0.2, 0.25) is 0 Å². The minimum absolute atomic E-state index is 0.113. The van der Waals surface area contributed by atoms with Gasteiger partial charge >= 0.3 is 5.97 Å². The Morgan fingerprint density at radius 1 is 1.44 bits per heavy atom. The van der Waals surface area contributed by atoms with Crippen molar-refractivity contribution < 1.29 is 9.53 Å². The fourth-order valence-electron chi connectivity index (χ4n) is 1.32. The van der Waals surface area contributed by atoms with Crippen LogP contribution < -0.4 is 5.73 Å². The third-order valence-electron chi connectivity index (χ3n) is 1.87. The zero-order valence-corrected chi connectivity index (χ0v) is 9.54. The molecule has 0 spiro atoms. The molecule has 0 unspecified atom stereocenters. The quantitative estimate of drug-likeness (QED) is 0.467. The van der Waals surface area contributed by atoms with Gasteiger partial charge in [0, 0.05) is 11.3 Å². The van der Waals surface area contributed by atoms with E-state index in [2.05, 4.69) is 11.8 Å². The van der Waals surface area contributed by atoms with Crippen LogP contribution in [0.1, 0.15) is 24.5 Å². The first kappa shape index (κ1) is 12.1. The van der Waals surface area contributed by atoms with Crippen LogP contribution >= 0.6 is 0 Å². The Labute approximate surface area is 95.6 Å². The summed E-state index contributed by atoms with van der Waals surface area (Å²) in [6, 6.07) is 5.58. The summed E-state index contributed by atoms with van der Waals surface area (Å²) in [5.74, 6) is 5.35. The Kier molecular flexibility index (Phi) is 4.41. The van der Waals surface area contributed by atoms with E-state index in [4.69, 9.17) is 10.5 Å². The topological polar surface area (TPSA) is 52.3 Å². The summed E-state index contributed by atoms with van der Waals surface area (Å²) in [6.07, 6.45) is 0.113. The van der Waals surface area contributed by atoms with Gasteiger partial charge in [-0.15, -0.1) is 0 Å². The second kappa shape index (κ2) is 5.82. The number of nitrogen functional groups attached to an aromatic ring is 1. The number of ether oxygens (including phenoxy) is 1. The number of carbonyl (C=O) groups is 1. The van der Waals surface area contributed by atoms with Crippen molar-refractivity contribution in [3.8, 4) is 11.8 Å². The van der Waals surface area contributed by atoms with Crippen LogP contribution in [-0.2, 0) is 9.53 Å². The van der Waals surface area contributed by atoms with Gasteiger partial charge in [0.1, 0.15) is 6.42 Å². The summed E-state index contributed by atoms with van der Waals surface area (Å²) in [6.45, 7) is 4.11. The van der Waals surface area contributed by atoms with E-state index in [1.807, 2.05) is 19.1 Å². The highest BCUT2D eigenvalue weighted by atomic mass is 16.5. The lowest BCUT2D eigenvalue weighted by Gasteiger charge is -1.98. The number of hydrogen-bond acceptors (Lipinski definition) is 3. The molecule has 0 amide bonds. The van der Waals surface area contributed by atoms with E-state index in [9.17, 15) is 4.79 Å². The van der Waals surface area contributed by atoms with Crippen LogP contribution in [0.25, 0.3) is 0 Å². The van der Waals surface area contributed by atoms with Crippen molar-refractivity contribution in [2.75, 3.05) is 12.3 Å². The molecule has 0 fully saturated rings. The summed E-state index contributed by atoms with van der Waals surface area (Å²) in [5.41, 5.74) is 8.24. The van der Waals surface area contributed by atoms with E-state index < -0.39 is 0 Å². The van der Waals surface area contributed by atoms with Gasteiger partial charge in [0.15, 0.2) is 0 Å². The second-order valence-corrected chi connectivity index (χ2v) is 3.42. The molecular weight excluding hydrogens is 202 g/mol. The number of nitrogens with two attached hydrogens (primary N) is 1. The third-order valence-corrected chi connectivity index (χ3v) is 1.87. The largest absolute Gasteiger partial charge is 0.465 e. The number of hydrogen-bond donors (Lipinski definition) is 1. The summed E-state index contributed by atoms with van der Waals surface area (Å²) >= 11 is 0. The smallest absolute Gasteiger partial charge is 0.317 e. The summed E-state index contributed by atoms with van der Waals surface area (Å²) in [7, 11) is 0. The van der Waals surface area contributed by atoms with Crippen LogP contribution in [0.3, 0.4) is 0 Å². The van der Waals surface area contributed by atoms with Crippen molar-refractivity contribution in [3.63, 3.8) is 0 Å². The van der Waals surface area contributed by atoms with Crippen molar-refractivity contribution in [1.29, 1.82) is 0 Å². The van der Waals surface area contributed by atoms with Gasteiger partial charge in [-0.2, -0.15) is 0 Å². The Morgan fingerprint density at radius 3 is 2.81 bits per heavy atom. The molecule has 3 heteroatoms. The fraction of sp³-hybridized carbons (Fsp3) is 0.308. The number of benzene rings is 1. The maximum Gasteiger partial charge on any atom is 0.317 e. The average molecular weight is 217 g/mol. The maximum absolute atomic E-state index is 11.0. The van der Waals surface area contributed by atoms with Crippen molar-refractivity contribution >= 4 is 11.7 Å². The molecule has 0 heterocycles. The third kappa shape index (κ3) is 4.05. The maximum atomic E-state index is 11.0. The first-order valence-corrected chi connectivity index (χ1v) is 5.13. The Hall–Kier alpha value is -1.95. The van der Waals surface area contributed by atoms with Crippen molar-refractivity contribution in [2.45, 2.75) is 20.3 Å². The number of anilines is 1. The predicted molar refractivity (Wildman–Crippen MR) is 63.7 cm³/mol. The van der Waals surface area contributed by atoms with Gasteiger partial charge < -0.3 is 10.5 Å². The fourth-order valence-corrected chi connectivity index (χ4v) is 1.32. The normalized spacial score (nSPS) is 9.12. The highest BCUT2D eigenvalue weighted by molar-refractivity contribution is 5.72. The zero-order valence-electron chi connectivity index (χ0n) is 9.54. The number of carbonyl (C=O) groups excluding carboxylic acids is 1. The monoisotopic (exact) mass is 217 g/mol. The minimum Gasteiger partial charge on any atom is -0.465 e. The molecule has 0 saturated carbocycles. The van der Waals surface area contributed by atoms with Gasteiger partial charge in [0.2, 0.25) is 0 Å². The van der Waals surface area contributed by atoms with Crippen molar-refractivity contribution in [1.82, 2.24) is 0 Å². The van der Waals surface area contributed by atoms with Crippen LogP contribution in [0, 0.1) is 18.8 Å². The van der Waals surface area contributed by atoms with Gasteiger partial charge in [0.25, 0.3) is 0 Å². The van der Waals surface area contributed by atoms with E-state index in [-0.39, 0.29) is 12.4 Å². The summed E-state index contributed by atoms with van der Waals surface area (Å²) in [5, 5.41) is 0. The second-order valence-electron chi connectivity index (χ2n) is 3.42. The molecular formula is C13H15NO2. The van der Waals surface area contributed by atoms with Crippen LogP contribution in [0.5, 0.6) is 0 Å². The highest BCUT2D eigenvalue weighted by Gasteiger charge is 1.96. The van der Waals surface area contributed by atoms with Crippen molar-refractivity contribution in [3.05, 3.63) is 29.3 Å². The standard InChI is InChI=1S/C13H15NO2/c1-3-16-13(15)6-4-5-11-7-10(2)8-12(14)9-11/h7-9H,3,6,14H2,1-2H3. The van der Waals surface area contributed by atoms with Gasteiger partial charge in [0.05, 0.1) is 6.61 Å². The molecule has 16 heavy (non-hydrogen) atoms. The molecule has 1 aromatic rings. The van der Waals surface area contributed by atoms with Crippen LogP contribution in [0.15, 0.2) is 18.2 Å². The van der Waals surface area contributed by atoms with E-state index in [1.54, 1.807) is 13.0 Å². The van der Waals surface area contributed by atoms with E-state index >= 15 is 0 Å². The average Bonchev–Trinajstić information content (AvgIpc) is 2.16. The summed E-state index contributed by atoms with van der Waals surface area (Å²) < 4.78 is 4.76.